The summed E-state index contributed by atoms with van der Waals surface area (Å²) in [5, 5.41) is 17.4. The molecule has 0 spiro atoms. The van der Waals surface area contributed by atoms with E-state index in [2.05, 4.69) is 0 Å². The average molecular weight is 173 g/mol. The van der Waals surface area contributed by atoms with Gasteiger partial charge in [0.15, 0.2) is 0 Å². The zero-order valence-electron chi connectivity index (χ0n) is 7.03. The second kappa shape index (κ2) is 3.46. The van der Waals surface area contributed by atoms with Crippen LogP contribution in [0.2, 0.25) is 0 Å². The maximum atomic E-state index is 8.71. The van der Waals surface area contributed by atoms with Crippen molar-refractivity contribution >= 4 is 5.69 Å². The monoisotopic (exact) mass is 173 g/mol. The van der Waals surface area contributed by atoms with Crippen LogP contribution in [0.3, 0.4) is 0 Å². The molecule has 0 atom stereocenters. The fourth-order valence-corrected chi connectivity index (χ4v) is 0.992. The predicted molar refractivity (Wildman–Crippen MR) is 46.8 cm³/mol. The first kappa shape index (κ1) is 8.89. The Morgan fingerprint density at radius 2 is 2.00 bits per heavy atom. The van der Waals surface area contributed by atoms with Crippen LogP contribution in [0.5, 0.6) is 5.75 Å². The number of nitriles is 2. The summed E-state index contributed by atoms with van der Waals surface area (Å²) < 4.78 is 4.90. The van der Waals surface area contributed by atoms with Gasteiger partial charge in [0.05, 0.1) is 23.9 Å². The minimum absolute atomic E-state index is 0.168. The van der Waals surface area contributed by atoms with Crippen LogP contribution >= 0.6 is 0 Å². The molecular formula is C9H7N3O. The van der Waals surface area contributed by atoms with E-state index < -0.39 is 0 Å². The Bertz CT molecular complexity index is 412. The number of methoxy groups -OCH3 is 1. The van der Waals surface area contributed by atoms with Gasteiger partial charge in [-0.1, -0.05) is 0 Å². The summed E-state index contributed by atoms with van der Waals surface area (Å²) in [6, 6.07) is 6.81. The number of rotatable bonds is 1. The van der Waals surface area contributed by atoms with Crippen molar-refractivity contribution in [2.24, 2.45) is 0 Å². The number of ether oxygens (including phenoxy) is 1. The van der Waals surface area contributed by atoms with Crippen LogP contribution in [-0.4, -0.2) is 7.11 Å². The Balaban J connectivity index is 3.45. The molecule has 0 aliphatic heterocycles. The normalized spacial score (nSPS) is 8.54. The number of benzene rings is 1. The Morgan fingerprint density at radius 1 is 1.31 bits per heavy atom. The van der Waals surface area contributed by atoms with Gasteiger partial charge >= 0.3 is 0 Å². The Labute approximate surface area is 75.8 Å². The third-order valence-corrected chi connectivity index (χ3v) is 1.66. The zero-order valence-corrected chi connectivity index (χ0v) is 7.03. The van der Waals surface area contributed by atoms with Crippen molar-refractivity contribution in [3.63, 3.8) is 0 Å². The van der Waals surface area contributed by atoms with Crippen LogP contribution in [-0.2, 0) is 0 Å². The third-order valence-electron chi connectivity index (χ3n) is 1.66. The standard InChI is InChI=1S/C9H7N3O/c1-13-8-3-2-6(4-10)7(5-11)9(8)12/h2-3H,12H2,1H3. The highest BCUT2D eigenvalue weighted by molar-refractivity contribution is 5.68. The van der Waals surface area contributed by atoms with Crippen molar-refractivity contribution in [1.82, 2.24) is 0 Å². The first-order valence-electron chi connectivity index (χ1n) is 3.51. The van der Waals surface area contributed by atoms with E-state index in [0.29, 0.717) is 5.75 Å². The summed E-state index contributed by atoms with van der Waals surface area (Å²) in [7, 11) is 1.46. The second-order valence-corrected chi connectivity index (χ2v) is 2.33. The van der Waals surface area contributed by atoms with Crippen LogP contribution in [0.1, 0.15) is 11.1 Å². The van der Waals surface area contributed by atoms with Crippen LogP contribution in [0.15, 0.2) is 12.1 Å². The van der Waals surface area contributed by atoms with Gasteiger partial charge in [-0.3, -0.25) is 0 Å². The summed E-state index contributed by atoms with van der Waals surface area (Å²) in [5.41, 5.74) is 6.23. The molecule has 13 heavy (non-hydrogen) atoms. The van der Waals surface area contributed by atoms with Gasteiger partial charge in [0.2, 0.25) is 0 Å². The van der Waals surface area contributed by atoms with Gasteiger partial charge < -0.3 is 10.5 Å². The zero-order chi connectivity index (χ0) is 9.84. The van der Waals surface area contributed by atoms with Crippen LogP contribution < -0.4 is 10.5 Å². The van der Waals surface area contributed by atoms with Crippen LogP contribution in [0, 0.1) is 22.7 Å². The van der Waals surface area contributed by atoms with Crippen molar-refractivity contribution in [2.45, 2.75) is 0 Å². The van der Waals surface area contributed by atoms with Crippen LogP contribution in [0.25, 0.3) is 0 Å². The fraction of sp³-hybridized carbons (Fsp3) is 0.111. The number of nitrogen functional groups attached to an aromatic ring is 1. The van der Waals surface area contributed by atoms with Crippen molar-refractivity contribution in [1.29, 1.82) is 10.5 Å². The Hall–Kier alpha value is -2.20. The quantitative estimate of drug-likeness (QED) is 0.642. The van der Waals surface area contributed by atoms with Crippen LogP contribution in [0.4, 0.5) is 5.69 Å². The molecule has 0 aliphatic carbocycles. The first-order valence-corrected chi connectivity index (χ1v) is 3.51. The number of nitrogens with two attached hydrogens (primary N) is 1. The van der Waals surface area contributed by atoms with Crippen molar-refractivity contribution < 1.29 is 4.74 Å². The van der Waals surface area contributed by atoms with Gasteiger partial charge in [-0.15, -0.1) is 0 Å². The second-order valence-electron chi connectivity index (χ2n) is 2.33. The van der Waals surface area contributed by atoms with E-state index in [1.807, 2.05) is 12.1 Å². The molecule has 0 amide bonds. The molecule has 0 heterocycles. The minimum Gasteiger partial charge on any atom is -0.495 e. The number of anilines is 1. The summed E-state index contributed by atoms with van der Waals surface area (Å²) in [5.74, 6) is 0.413. The highest BCUT2D eigenvalue weighted by Gasteiger charge is 2.09. The van der Waals surface area contributed by atoms with Gasteiger partial charge in [-0.05, 0) is 12.1 Å². The van der Waals surface area contributed by atoms with E-state index in [0.717, 1.165) is 0 Å². The molecule has 64 valence electrons. The summed E-state index contributed by atoms with van der Waals surface area (Å²) in [6.07, 6.45) is 0. The lowest BCUT2D eigenvalue weighted by Gasteiger charge is -2.05. The van der Waals surface area contributed by atoms with Gasteiger partial charge in [-0.25, -0.2) is 0 Å². The lowest BCUT2D eigenvalue weighted by atomic mass is 10.1. The lowest BCUT2D eigenvalue weighted by molar-refractivity contribution is 0.417. The SMILES string of the molecule is COc1ccc(C#N)c(C#N)c1N. The highest BCUT2D eigenvalue weighted by atomic mass is 16.5. The minimum atomic E-state index is 0.168. The summed E-state index contributed by atoms with van der Waals surface area (Å²) in [4.78, 5) is 0. The molecule has 1 rings (SSSR count). The average Bonchev–Trinajstić information content (AvgIpc) is 2.17. The van der Waals surface area contributed by atoms with Gasteiger partial charge in [0.1, 0.15) is 17.9 Å². The third kappa shape index (κ3) is 1.38. The maximum Gasteiger partial charge on any atom is 0.143 e. The van der Waals surface area contributed by atoms with Gasteiger partial charge in [0, 0.05) is 0 Å². The molecule has 0 radical (unpaired) electrons. The molecule has 4 heteroatoms. The number of hydrogen-bond donors (Lipinski definition) is 1. The fourth-order valence-electron chi connectivity index (χ4n) is 0.992. The van der Waals surface area contributed by atoms with Gasteiger partial charge in [-0.2, -0.15) is 10.5 Å². The molecular weight excluding hydrogens is 166 g/mol. The first-order chi connectivity index (χ1) is 6.24. The molecule has 2 N–H and O–H groups in total. The molecule has 0 aliphatic rings. The number of nitrogens with zero attached hydrogens (tertiary/aromatic N) is 2. The number of hydrogen-bond acceptors (Lipinski definition) is 4. The smallest absolute Gasteiger partial charge is 0.143 e. The molecule has 4 nitrogen and oxygen atoms in total. The molecule has 0 unspecified atom stereocenters. The van der Waals surface area contributed by atoms with E-state index in [1.165, 1.54) is 13.2 Å². The van der Waals surface area contributed by atoms with E-state index in [1.54, 1.807) is 6.07 Å². The van der Waals surface area contributed by atoms with Gasteiger partial charge in [0.25, 0.3) is 0 Å². The van der Waals surface area contributed by atoms with Crippen molar-refractivity contribution in [3.8, 4) is 17.9 Å². The largest absolute Gasteiger partial charge is 0.495 e. The van der Waals surface area contributed by atoms with Crippen molar-refractivity contribution in [2.75, 3.05) is 12.8 Å². The highest BCUT2D eigenvalue weighted by Crippen LogP contribution is 2.26. The molecule has 1 aromatic rings. The molecule has 0 bridgehead atoms. The lowest BCUT2D eigenvalue weighted by Crippen LogP contribution is -1.97. The van der Waals surface area contributed by atoms with E-state index in [9.17, 15) is 0 Å². The van der Waals surface area contributed by atoms with E-state index >= 15 is 0 Å². The molecule has 1 aromatic carbocycles. The Kier molecular flexibility index (Phi) is 2.37. The summed E-state index contributed by atoms with van der Waals surface area (Å²) in [6.45, 7) is 0. The molecule has 0 aromatic heterocycles. The molecule has 0 saturated heterocycles. The van der Waals surface area contributed by atoms with E-state index in [4.69, 9.17) is 21.0 Å². The molecule has 0 saturated carbocycles. The maximum absolute atomic E-state index is 8.71. The molecule has 0 fully saturated rings. The Morgan fingerprint density at radius 3 is 2.46 bits per heavy atom. The summed E-state index contributed by atoms with van der Waals surface area (Å²) >= 11 is 0. The topological polar surface area (TPSA) is 82.8 Å². The predicted octanol–water partition coefficient (Wildman–Crippen LogP) is 1.02. The van der Waals surface area contributed by atoms with Crippen molar-refractivity contribution in [3.05, 3.63) is 23.3 Å². The van der Waals surface area contributed by atoms with E-state index in [-0.39, 0.29) is 16.8 Å².